The molecule has 3 N–H and O–H groups in total. The molecule has 2 rings (SSSR count). The number of nitrogens with two attached hydrogens (primary N) is 1. The largest absolute Gasteiger partial charge is 0.320 e. The lowest BCUT2D eigenvalue weighted by atomic mass is 10.1. The fourth-order valence-electron chi connectivity index (χ4n) is 1.48. The summed E-state index contributed by atoms with van der Waals surface area (Å²) in [6, 6.07) is 3.77. The van der Waals surface area contributed by atoms with Crippen LogP contribution >= 0.6 is 11.5 Å². The highest BCUT2D eigenvalue weighted by Crippen LogP contribution is 2.15. The molecule has 0 aliphatic carbocycles. The van der Waals surface area contributed by atoms with Gasteiger partial charge in [0.2, 0.25) is 5.13 Å². The van der Waals surface area contributed by atoms with Gasteiger partial charge in [-0.05, 0) is 25.1 Å². The van der Waals surface area contributed by atoms with Gasteiger partial charge in [-0.2, -0.15) is 4.37 Å². The maximum atomic E-state index is 13.2. The second-order valence-corrected chi connectivity index (χ2v) is 4.55. The van der Waals surface area contributed by atoms with Crippen molar-refractivity contribution in [2.45, 2.75) is 6.92 Å². The number of benzene rings is 1. The number of hydrogen-bond acceptors (Lipinski definition) is 5. The molecule has 0 spiro atoms. The third kappa shape index (κ3) is 3.38. The average molecular weight is 290 g/mol. The van der Waals surface area contributed by atoms with Crippen molar-refractivity contribution in [3.63, 3.8) is 0 Å². The lowest BCUT2D eigenvalue weighted by Crippen LogP contribution is -2.13. The van der Waals surface area contributed by atoms with Gasteiger partial charge >= 0.3 is 0 Å². The normalized spacial score (nSPS) is 9.75. The number of carbonyl (C=O) groups is 1. The quantitative estimate of drug-likeness (QED) is 0.822. The zero-order valence-corrected chi connectivity index (χ0v) is 11.4. The van der Waals surface area contributed by atoms with Crippen molar-refractivity contribution >= 4 is 22.6 Å². The maximum Gasteiger partial charge on any atom is 0.258 e. The van der Waals surface area contributed by atoms with Crippen LogP contribution in [-0.4, -0.2) is 21.8 Å². The molecule has 20 heavy (non-hydrogen) atoms. The summed E-state index contributed by atoms with van der Waals surface area (Å²) in [7, 11) is 0. The van der Waals surface area contributed by atoms with Crippen LogP contribution in [0.1, 0.15) is 21.7 Å². The van der Waals surface area contributed by atoms with E-state index in [0.29, 0.717) is 11.0 Å². The Kier molecular flexibility index (Phi) is 4.40. The van der Waals surface area contributed by atoms with Crippen LogP contribution < -0.4 is 11.1 Å². The summed E-state index contributed by atoms with van der Waals surface area (Å²) >= 11 is 1.08. The van der Waals surface area contributed by atoms with Crippen LogP contribution in [0.2, 0.25) is 0 Å². The number of nitrogens with one attached hydrogen (secondary N) is 1. The zero-order valence-electron chi connectivity index (χ0n) is 10.6. The van der Waals surface area contributed by atoms with Crippen molar-refractivity contribution in [1.29, 1.82) is 0 Å². The van der Waals surface area contributed by atoms with E-state index in [-0.39, 0.29) is 17.7 Å². The molecule has 7 heteroatoms. The summed E-state index contributed by atoms with van der Waals surface area (Å²) in [5.74, 6) is 4.98. The lowest BCUT2D eigenvalue weighted by Gasteiger charge is -2.04. The van der Waals surface area contributed by atoms with Gasteiger partial charge in [0.1, 0.15) is 11.6 Å². The molecule has 0 saturated heterocycles. The molecule has 0 unspecified atom stereocenters. The Bertz CT molecular complexity index is 702. The average Bonchev–Trinajstić information content (AvgIpc) is 2.81. The fraction of sp³-hybridized carbons (Fsp3) is 0.154. The van der Waals surface area contributed by atoms with E-state index in [0.717, 1.165) is 11.5 Å². The van der Waals surface area contributed by atoms with Gasteiger partial charge in [0, 0.05) is 17.1 Å². The van der Waals surface area contributed by atoms with E-state index in [1.807, 2.05) is 0 Å². The highest BCUT2D eigenvalue weighted by Gasteiger charge is 2.13. The van der Waals surface area contributed by atoms with E-state index >= 15 is 0 Å². The minimum absolute atomic E-state index is 0.132. The molecule has 1 amide bonds. The van der Waals surface area contributed by atoms with Crippen LogP contribution in [0.15, 0.2) is 18.2 Å². The molecule has 1 aromatic carbocycles. The molecule has 0 aliphatic rings. The van der Waals surface area contributed by atoms with Gasteiger partial charge in [-0.15, -0.1) is 0 Å². The first-order valence-electron chi connectivity index (χ1n) is 5.70. The monoisotopic (exact) mass is 290 g/mol. The predicted molar refractivity (Wildman–Crippen MR) is 74.9 cm³/mol. The third-order valence-corrected chi connectivity index (χ3v) is 3.02. The topological polar surface area (TPSA) is 80.9 Å². The highest BCUT2D eigenvalue weighted by atomic mass is 32.1. The molecular formula is C13H11FN4OS. The molecule has 5 nitrogen and oxygen atoms in total. The van der Waals surface area contributed by atoms with Crippen LogP contribution in [0.4, 0.5) is 9.52 Å². The van der Waals surface area contributed by atoms with Gasteiger partial charge < -0.3 is 5.73 Å². The Labute approximate surface area is 119 Å². The van der Waals surface area contributed by atoms with Gasteiger partial charge in [0.05, 0.1) is 12.1 Å². The zero-order chi connectivity index (χ0) is 14.5. The van der Waals surface area contributed by atoms with Gasteiger partial charge in [-0.1, -0.05) is 11.8 Å². The first kappa shape index (κ1) is 14.1. The van der Waals surface area contributed by atoms with Crippen molar-refractivity contribution in [2.24, 2.45) is 5.73 Å². The molecule has 1 heterocycles. The predicted octanol–water partition coefficient (Wildman–Crippen LogP) is 1.55. The molecule has 0 radical (unpaired) electrons. The van der Waals surface area contributed by atoms with Gasteiger partial charge in [-0.3, -0.25) is 10.1 Å². The minimum atomic E-state index is -0.463. The highest BCUT2D eigenvalue weighted by molar-refractivity contribution is 7.09. The van der Waals surface area contributed by atoms with Gasteiger partial charge in [0.15, 0.2) is 0 Å². The van der Waals surface area contributed by atoms with E-state index < -0.39 is 11.7 Å². The van der Waals surface area contributed by atoms with Crippen molar-refractivity contribution in [1.82, 2.24) is 9.36 Å². The van der Waals surface area contributed by atoms with Crippen LogP contribution in [0.25, 0.3) is 0 Å². The van der Waals surface area contributed by atoms with Gasteiger partial charge in [-0.25, -0.2) is 9.37 Å². The lowest BCUT2D eigenvalue weighted by molar-refractivity contribution is 0.102. The second-order valence-electron chi connectivity index (χ2n) is 3.80. The number of halogens is 1. The molecular weight excluding hydrogens is 279 g/mol. The molecule has 102 valence electrons. The Morgan fingerprint density at radius 2 is 2.35 bits per heavy atom. The number of nitrogens with zero attached hydrogens (tertiary/aromatic N) is 2. The summed E-state index contributed by atoms with van der Waals surface area (Å²) < 4.78 is 17.2. The van der Waals surface area contributed by atoms with Crippen LogP contribution in [-0.2, 0) is 0 Å². The van der Waals surface area contributed by atoms with Crippen LogP contribution in [0.5, 0.6) is 0 Å². The summed E-state index contributed by atoms with van der Waals surface area (Å²) in [5, 5.41) is 2.98. The Morgan fingerprint density at radius 1 is 1.55 bits per heavy atom. The summed E-state index contributed by atoms with van der Waals surface area (Å²) in [6.45, 7) is 1.86. The van der Waals surface area contributed by atoms with Crippen LogP contribution in [0.3, 0.4) is 0 Å². The Hall–Kier alpha value is -2.30. The Balaban J connectivity index is 2.29. The van der Waals surface area contributed by atoms with E-state index in [4.69, 9.17) is 5.73 Å². The minimum Gasteiger partial charge on any atom is -0.320 e. The molecule has 0 fully saturated rings. The van der Waals surface area contributed by atoms with Crippen molar-refractivity contribution in [3.8, 4) is 11.8 Å². The smallest absolute Gasteiger partial charge is 0.258 e. The third-order valence-electron chi connectivity index (χ3n) is 2.30. The van der Waals surface area contributed by atoms with E-state index in [9.17, 15) is 9.18 Å². The molecule has 0 atom stereocenters. The van der Waals surface area contributed by atoms with Crippen LogP contribution in [0, 0.1) is 24.6 Å². The van der Waals surface area contributed by atoms with E-state index in [2.05, 4.69) is 26.5 Å². The summed E-state index contributed by atoms with van der Waals surface area (Å²) in [6.07, 6.45) is 0. The first-order valence-corrected chi connectivity index (χ1v) is 6.47. The summed E-state index contributed by atoms with van der Waals surface area (Å²) in [5.41, 5.74) is 5.83. The van der Waals surface area contributed by atoms with E-state index in [1.54, 1.807) is 6.92 Å². The molecule has 1 aromatic heterocycles. The number of carbonyl (C=O) groups excluding carboxylic acids is 1. The number of aryl methyl sites for hydroxylation is 1. The summed E-state index contributed by atoms with van der Waals surface area (Å²) in [4.78, 5) is 16.2. The number of rotatable bonds is 2. The number of anilines is 1. The molecule has 2 aromatic rings. The number of aromatic nitrogens is 2. The fourth-order valence-corrected chi connectivity index (χ4v) is 2.05. The van der Waals surface area contributed by atoms with Gasteiger partial charge in [0.25, 0.3) is 5.91 Å². The molecule has 0 saturated carbocycles. The van der Waals surface area contributed by atoms with Crippen molar-refractivity contribution < 1.29 is 9.18 Å². The number of amides is 1. The first-order chi connectivity index (χ1) is 9.60. The van der Waals surface area contributed by atoms with Crippen molar-refractivity contribution in [3.05, 3.63) is 41.0 Å². The standard InChI is InChI=1S/C13H11FN4OS/c1-8-16-13(20-18-8)17-12(19)11-5-4-10(14)7-9(11)3-2-6-15/h4-5,7H,6,15H2,1H3,(H,16,17,18,19). The van der Waals surface area contributed by atoms with Crippen molar-refractivity contribution in [2.75, 3.05) is 11.9 Å². The Morgan fingerprint density at radius 3 is 3.00 bits per heavy atom. The SMILES string of the molecule is Cc1nsc(NC(=O)c2ccc(F)cc2C#CCN)n1. The second kappa shape index (κ2) is 6.23. The van der Waals surface area contributed by atoms with E-state index in [1.165, 1.54) is 18.2 Å². The molecule has 0 bridgehead atoms. The maximum absolute atomic E-state index is 13.2. The molecule has 0 aliphatic heterocycles. The number of hydrogen-bond donors (Lipinski definition) is 2.